The first-order valence-corrected chi connectivity index (χ1v) is 16.3. The lowest BCUT2D eigenvalue weighted by molar-refractivity contribution is -0.955. The standard InChI is InChI=1S/C33H30N2Si/c1-23-13-12-20-34-32(23)26-17-9-11-19-29(26)33(34)28-18-10-8-16-25(28)30-21-31(36(2,3)4)27(22-35(30)33)24-14-6-5-7-15-24/h5-22H,1-4H3/q+2. The number of hydrogen-bond acceptors (Lipinski definition) is 0. The van der Waals surface area contributed by atoms with Gasteiger partial charge in [-0.3, -0.25) is 0 Å². The summed E-state index contributed by atoms with van der Waals surface area (Å²) in [5.74, 6) is 0. The second kappa shape index (κ2) is 7.34. The highest BCUT2D eigenvalue weighted by Gasteiger charge is 2.66. The maximum Gasteiger partial charge on any atom is 0.417 e. The Labute approximate surface area is 214 Å². The molecule has 0 aliphatic carbocycles. The first-order chi connectivity index (χ1) is 17.4. The van der Waals surface area contributed by atoms with Gasteiger partial charge in [-0.1, -0.05) is 74.2 Å². The van der Waals surface area contributed by atoms with Gasteiger partial charge in [0.15, 0.2) is 12.4 Å². The normalized spacial score (nSPS) is 17.0. The Morgan fingerprint density at radius 1 is 0.639 bits per heavy atom. The van der Waals surface area contributed by atoms with Crippen molar-refractivity contribution >= 4 is 13.3 Å². The van der Waals surface area contributed by atoms with E-state index in [-0.39, 0.29) is 0 Å². The van der Waals surface area contributed by atoms with Crippen LogP contribution in [0.1, 0.15) is 16.7 Å². The molecule has 1 unspecified atom stereocenters. The molecule has 0 saturated heterocycles. The lowest BCUT2D eigenvalue weighted by Gasteiger charge is -2.22. The number of fused-ring (bicyclic) bond motifs is 10. The smallest absolute Gasteiger partial charge is 0.125 e. The van der Waals surface area contributed by atoms with Crippen LogP contribution in [0.4, 0.5) is 0 Å². The van der Waals surface area contributed by atoms with E-state index >= 15 is 0 Å². The van der Waals surface area contributed by atoms with Crippen LogP contribution in [0.15, 0.2) is 109 Å². The summed E-state index contributed by atoms with van der Waals surface area (Å²) in [5, 5.41) is 1.51. The zero-order chi connectivity index (χ0) is 24.7. The average molecular weight is 483 g/mol. The maximum absolute atomic E-state index is 2.57. The topological polar surface area (TPSA) is 7.76 Å². The van der Waals surface area contributed by atoms with Crippen molar-refractivity contribution in [3.63, 3.8) is 0 Å². The summed E-state index contributed by atoms with van der Waals surface area (Å²) in [6.45, 7) is 9.61. The maximum atomic E-state index is 2.57. The second-order valence-electron chi connectivity index (χ2n) is 11.1. The van der Waals surface area contributed by atoms with Crippen LogP contribution < -0.4 is 14.3 Å². The van der Waals surface area contributed by atoms with Crippen LogP contribution in [0.5, 0.6) is 0 Å². The van der Waals surface area contributed by atoms with E-state index in [1.165, 1.54) is 55.5 Å². The van der Waals surface area contributed by atoms with Gasteiger partial charge >= 0.3 is 5.66 Å². The van der Waals surface area contributed by atoms with Gasteiger partial charge in [0.25, 0.3) is 0 Å². The Balaban J connectivity index is 1.68. The molecule has 2 aliphatic rings. The number of rotatable bonds is 2. The van der Waals surface area contributed by atoms with Crippen LogP contribution in [-0.4, -0.2) is 8.07 Å². The summed E-state index contributed by atoms with van der Waals surface area (Å²) in [6.07, 6.45) is 4.73. The molecule has 36 heavy (non-hydrogen) atoms. The van der Waals surface area contributed by atoms with E-state index in [2.05, 4.69) is 145 Å². The third-order valence-corrected chi connectivity index (χ3v) is 10.0. The van der Waals surface area contributed by atoms with Crippen molar-refractivity contribution in [1.29, 1.82) is 0 Å². The molecule has 2 aliphatic heterocycles. The molecule has 0 N–H and O–H groups in total. The lowest BCUT2D eigenvalue weighted by atomic mass is 9.90. The lowest BCUT2D eigenvalue weighted by Crippen LogP contribution is -2.71. The minimum absolute atomic E-state index is 0.453. The largest absolute Gasteiger partial charge is 0.417 e. The van der Waals surface area contributed by atoms with E-state index in [9.17, 15) is 0 Å². The summed E-state index contributed by atoms with van der Waals surface area (Å²) >= 11 is 0. The van der Waals surface area contributed by atoms with Crippen LogP contribution in [0.2, 0.25) is 19.6 Å². The van der Waals surface area contributed by atoms with Crippen molar-refractivity contribution in [2.24, 2.45) is 0 Å². The minimum Gasteiger partial charge on any atom is -0.125 e. The number of pyridine rings is 2. The number of aromatic nitrogens is 2. The van der Waals surface area contributed by atoms with Gasteiger partial charge in [0, 0.05) is 23.3 Å². The van der Waals surface area contributed by atoms with E-state index in [1.54, 1.807) is 0 Å². The third kappa shape index (κ3) is 2.67. The van der Waals surface area contributed by atoms with Crippen molar-refractivity contribution < 1.29 is 9.13 Å². The highest BCUT2D eigenvalue weighted by Crippen LogP contribution is 2.47. The van der Waals surface area contributed by atoms with Crippen LogP contribution in [0, 0.1) is 6.92 Å². The predicted octanol–water partition coefficient (Wildman–Crippen LogP) is 6.04. The van der Waals surface area contributed by atoms with Gasteiger partial charge < -0.3 is 0 Å². The fourth-order valence-electron chi connectivity index (χ4n) is 6.51. The van der Waals surface area contributed by atoms with Gasteiger partial charge in [-0.25, -0.2) is 0 Å². The van der Waals surface area contributed by atoms with Gasteiger partial charge in [0.1, 0.15) is 11.1 Å². The molecule has 174 valence electrons. The molecule has 0 bridgehead atoms. The van der Waals surface area contributed by atoms with E-state index in [4.69, 9.17) is 0 Å². The van der Waals surface area contributed by atoms with Gasteiger partial charge in [-0.05, 0) is 48.0 Å². The summed E-state index contributed by atoms with van der Waals surface area (Å²) in [5.41, 5.74) is 11.4. The molecule has 3 aromatic carbocycles. The summed E-state index contributed by atoms with van der Waals surface area (Å²) < 4.78 is 5.09. The number of hydrogen-bond donors (Lipinski definition) is 0. The molecule has 4 heterocycles. The van der Waals surface area contributed by atoms with Crippen molar-refractivity contribution in [2.75, 3.05) is 0 Å². The average Bonchev–Trinajstić information content (AvgIpc) is 3.36. The van der Waals surface area contributed by atoms with Crippen molar-refractivity contribution in [3.05, 3.63) is 126 Å². The summed E-state index contributed by atoms with van der Waals surface area (Å²) in [7, 11) is -1.65. The van der Waals surface area contributed by atoms with Crippen LogP contribution in [0.25, 0.3) is 33.6 Å². The van der Waals surface area contributed by atoms with E-state index in [0.717, 1.165) is 0 Å². The SMILES string of the molecule is Cc1ccc[n+]2c1-c1ccccc1C21c2ccccc2-c2cc([Si](C)(C)C)c(-c3ccccc3)c[n+]21. The molecule has 7 rings (SSSR count). The Hall–Kier alpha value is -3.82. The van der Waals surface area contributed by atoms with Crippen molar-refractivity contribution in [2.45, 2.75) is 32.2 Å². The van der Waals surface area contributed by atoms with Gasteiger partial charge in [-0.2, -0.15) is 0 Å². The molecular formula is C33H30N2Si+2. The first-order valence-electron chi connectivity index (χ1n) is 12.8. The molecule has 0 saturated carbocycles. The van der Waals surface area contributed by atoms with Gasteiger partial charge in [0.05, 0.1) is 19.2 Å². The van der Waals surface area contributed by atoms with Gasteiger partial charge in [-0.15, -0.1) is 9.13 Å². The molecule has 2 aromatic heterocycles. The van der Waals surface area contributed by atoms with E-state index in [1.807, 2.05) is 0 Å². The molecule has 0 radical (unpaired) electrons. The monoisotopic (exact) mass is 482 g/mol. The highest BCUT2D eigenvalue weighted by atomic mass is 28.3. The predicted molar refractivity (Wildman–Crippen MR) is 149 cm³/mol. The quantitative estimate of drug-likeness (QED) is 0.210. The Morgan fingerprint density at radius 3 is 2.00 bits per heavy atom. The van der Waals surface area contributed by atoms with Crippen LogP contribution in [-0.2, 0) is 5.66 Å². The van der Waals surface area contributed by atoms with Crippen molar-refractivity contribution in [3.8, 4) is 33.6 Å². The Bertz CT molecular complexity index is 1680. The van der Waals surface area contributed by atoms with E-state index < -0.39 is 13.7 Å². The Kier molecular flexibility index (Phi) is 4.38. The summed E-state index contributed by atoms with van der Waals surface area (Å²) in [4.78, 5) is 0. The number of nitrogens with zero attached hydrogens (tertiary/aromatic N) is 2. The van der Waals surface area contributed by atoms with E-state index in [0.29, 0.717) is 0 Å². The number of aryl methyl sites for hydroxylation is 1. The molecule has 3 heteroatoms. The molecule has 0 fully saturated rings. The first kappa shape index (κ1) is 21.5. The summed E-state index contributed by atoms with van der Waals surface area (Å²) in [6, 6.07) is 35.9. The fourth-order valence-corrected chi connectivity index (χ4v) is 8.10. The van der Waals surface area contributed by atoms with Crippen molar-refractivity contribution in [1.82, 2.24) is 0 Å². The highest BCUT2D eigenvalue weighted by molar-refractivity contribution is 6.89. The Morgan fingerprint density at radius 2 is 1.28 bits per heavy atom. The zero-order valence-electron chi connectivity index (χ0n) is 21.3. The molecule has 1 atom stereocenters. The van der Waals surface area contributed by atoms with Gasteiger partial charge in [0.2, 0.25) is 11.4 Å². The molecule has 5 aromatic rings. The third-order valence-electron chi connectivity index (χ3n) is 8.01. The molecule has 2 nitrogen and oxygen atoms in total. The fraction of sp³-hybridized carbons (Fsp3) is 0.152. The van der Waals surface area contributed by atoms with Crippen LogP contribution in [0.3, 0.4) is 0 Å². The molecule has 0 amide bonds. The minimum atomic E-state index is -1.65. The zero-order valence-corrected chi connectivity index (χ0v) is 22.3. The molecular weight excluding hydrogens is 452 g/mol. The van der Waals surface area contributed by atoms with Crippen LogP contribution >= 0.6 is 0 Å². The molecule has 1 spiro atoms. The second-order valence-corrected chi connectivity index (χ2v) is 16.2. The number of benzene rings is 3.